The molecule has 1 aromatic rings. The third kappa shape index (κ3) is 3.67. The van der Waals surface area contributed by atoms with Crippen LogP contribution in [0.25, 0.3) is 0 Å². The quantitative estimate of drug-likeness (QED) is 0.638. The van der Waals surface area contributed by atoms with E-state index in [4.69, 9.17) is 21.6 Å². The van der Waals surface area contributed by atoms with Crippen LogP contribution in [0.15, 0.2) is 18.2 Å². The standard InChI is InChI=1S/C10H11ClO4/c1-2-3-10(13)15-14-7-4-5-9(12)8(11)6-7/h4-6,12H,2-3H2,1H3. The van der Waals surface area contributed by atoms with Crippen molar-refractivity contribution >= 4 is 17.6 Å². The van der Waals surface area contributed by atoms with Crippen LogP contribution in [0.1, 0.15) is 19.8 Å². The van der Waals surface area contributed by atoms with Crippen LogP contribution < -0.4 is 4.89 Å². The van der Waals surface area contributed by atoms with E-state index < -0.39 is 5.97 Å². The molecule has 0 aliphatic heterocycles. The summed E-state index contributed by atoms with van der Waals surface area (Å²) < 4.78 is 0. The summed E-state index contributed by atoms with van der Waals surface area (Å²) in [4.78, 5) is 20.1. The molecule has 0 aliphatic rings. The summed E-state index contributed by atoms with van der Waals surface area (Å²) in [5.41, 5.74) is 0. The lowest BCUT2D eigenvalue weighted by molar-refractivity contribution is -0.213. The number of aromatic hydroxyl groups is 1. The van der Waals surface area contributed by atoms with Gasteiger partial charge in [0, 0.05) is 12.5 Å². The second-order valence-corrected chi connectivity index (χ2v) is 3.31. The first-order chi connectivity index (χ1) is 7.13. The van der Waals surface area contributed by atoms with Gasteiger partial charge in [0.05, 0.1) is 5.02 Å². The van der Waals surface area contributed by atoms with Crippen molar-refractivity contribution in [2.24, 2.45) is 0 Å². The van der Waals surface area contributed by atoms with Gasteiger partial charge in [-0.2, -0.15) is 0 Å². The summed E-state index contributed by atoms with van der Waals surface area (Å²) in [6.07, 6.45) is 0.990. The van der Waals surface area contributed by atoms with Crippen LogP contribution >= 0.6 is 11.6 Å². The highest BCUT2D eigenvalue weighted by Crippen LogP contribution is 2.27. The minimum atomic E-state index is -0.443. The van der Waals surface area contributed by atoms with Gasteiger partial charge in [-0.05, 0) is 18.6 Å². The van der Waals surface area contributed by atoms with E-state index in [1.165, 1.54) is 18.2 Å². The first-order valence-electron chi connectivity index (χ1n) is 4.49. The van der Waals surface area contributed by atoms with E-state index in [-0.39, 0.29) is 16.5 Å². The third-order valence-electron chi connectivity index (χ3n) is 1.60. The van der Waals surface area contributed by atoms with Crippen molar-refractivity contribution in [2.75, 3.05) is 0 Å². The normalized spacial score (nSPS) is 9.73. The van der Waals surface area contributed by atoms with Crippen molar-refractivity contribution in [3.05, 3.63) is 23.2 Å². The highest BCUT2D eigenvalue weighted by atomic mass is 35.5. The molecule has 1 rings (SSSR count). The van der Waals surface area contributed by atoms with Gasteiger partial charge in [-0.25, -0.2) is 4.79 Å². The van der Waals surface area contributed by atoms with Crippen molar-refractivity contribution in [3.63, 3.8) is 0 Å². The summed E-state index contributed by atoms with van der Waals surface area (Å²) in [6, 6.07) is 4.15. The fourth-order valence-corrected chi connectivity index (χ4v) is 1.05. The van der Waals surface area contributed by atoms with Crippen LogP contribution in [0, 0.1) is 0 Å². The molecule has 5 heteroatoms. The summed E-state index contributed by atoms with van der Waals surface area (Å²) in [6.45, 7) is 1.86. The van der Waals surface area contributed by atoms with Crippen LogP contribution in [-0.2, 0) is 9.68 Å². The molecule has 0 saturated carbocycles. The Morgan fingerprint density at radius 2 is 2.27 bits per heavy atom. The number of phenols is 1. The predicted octanol–water partition coefficient (Wildman–Crippen LogP) is 2.68. The van der Waals surface area contributed by atoms with E-state index in [0.29, 0.717) is 12.8 Å². The van der Waals surface area contributed by atoms with Crippen molar-refractivity contribution in [1.82, 2.24) is 0 Å². The minimum absolute atomic E-state index is 0.0519. The SMILES string of the molecule is CCCC(=O)OOc1ccc(O)c(Cl)c1. The molecule has 0 atom stereocenters. The lowest BCUT2D eigenvalue weighted by atomic mass is 10.3. The maximum Gasteiger partial charge on any atom is 0.355 e. The fraction of sp³-hybridized carbons (Fsp3) is 0.300. The average Bonchev–Trinajstić information content (AvgIpc) is 2.20. The molecular weight excluding hydrogens is 220 g/mol. The Balaban J connectivity index is 2.51. The molecule has 0 spiro atoms. The number of phenolic OH excluding ortho intramolecular Hbond substituents is 1. The summed E-state index contributed by atoms with van der Waals surface area (Å²) in [5, 5.41) is 9.25. The van der Waals surface area contributed by atoms with E-state index in [1.54, 1.807) is 0 Å². The lowest BCUT2D eigenvalue weighted by Crippen LogP contribution is -2.06. The van der Waals surface area contributed by atoms with Gasteiger partial charge in [0.15, 0.2) is 5.75 Å². The number of rotatable bonds is 4. The molecule has 0 radical (unpaired) electrons. The number of hydrogen-bond acceptors (Lipinski definition) is 4. The number of carbonyl (C=O) groups excluding carboxylic acids is 1. The molecule has 0 aromatic heterocycles. The Morgan fingerprint density at radius 3 is 2.87 bits per heavy atom. The number of halogens is 1. The molecule has 0 saturated heterocycles. The van der Waals surface area contributed by atoms with E-state index in [0.717, 1.165) is 0 Å². The second kappa shape index (κ2) is 5.46. The van der Waals surface area contributed by atoms with Crippen LogP contribution in [0.4, 0.5) is 0 Å². The van der Waals surface area contributed by atoms with Crippen molar-refractivity contribution in [3.8, 4) is 11.5 Å². The average molecular weight is 231 g/mol. The van der Waals surface area contributed by atoms with Crippen LogP contribution in [0.2, 0.25) is 5.02 Å². The van der Waals surface area contributed by atoms with Gasteiger partial charge in [-0.15, -0.1) is 0 Å². The van der Waals surface area contributed by atoms with Gasteiger partial charge in [-0.3, -0.25) is 9.78 Å². The zero-order chi connectivity index (χ0) is 11.3. The summed E-state index contributed by atoms with van der Waals surface area (Å²) in [7, 11) is 0. The van der Waals surface area contributed by atoms with E-state index in [2.05, 4.69) is 4.89 Å². The van der Waals surface area contributed by atoms with Crippen LogP contribution in [-0.4, -0.2) is 11.1 Å². The number of benzene rings is 1. The topological polar surface area (TPSA) is 55.8 Å². The molecule has 4 nitrogen and oxygen atoms in total. The second-order valence-electron chi connectivity index (χ2n) is 2.90. The molecular formula is C10H11ClO4. The smallest absolute Gasteiger partial charge is 0.355 e. The Kier molecular flexibility index (Phi) is 4.24. The zero-order valence-corrected chi connectivity index (χ0v) is 8.95. The largest absolute Gasteiger partial charge is 0.506 e. The molecule has 15 heavy (non-hydrogen) atoms. The van der Waals surface area contributed by atoms with Crippen LogP contribution in [0.5, 0.6) is 11.5 Å². The van der Waals surface area contributed by atoms with E-state index in [9.17, 15) is 4.79 Å². The highest BCUT2D eigenvalue weighted by Gasteiger charge is 2.05. The molecule has 0 amide bonds. The number of carbonyl (C=O) groups is 1. The van der Waals surface area contributed by atoms with Crippen molar-refractivity contribution in [1.29, 1.82) is 0 Å². The molecule has 0 heterocycles. The lowest BCUT2D eigenvalue weighted by Gasteiger charge is -2.04. The molecule has 0 aliphatic carbocycles. The van der Waals surface area contributed by atoms with Gasteiger partial charge in [-0.1, -0.05) is 18.5 Å². The monoisotopic (exact) mass is 230 g/mol. The molecule has 0 bridgehead atoms. The summed E-state index contributed by atoms with van der Waals surface area (Å²) in [5.74, 6) is -0.229. The highest BCUT2D eigenvalue weighted by molar-refractivity contribution is 6.32. The van der Waals surface area contributed by atoms with Gasteiger partial charge in [0.2, 0.25) is 0 Å². The molecule has 0 unspecified atom stereocenters. The molecule has 0 fully saturated rings. The molecule has 1 aromatic carbocycles. The van der Waals surface area contributed by atoms with Crippen molar-refractivity contribution < 1.29 is 19.7 Å². The maximum atomic E-state index is 10.9. The Labute approximate surface area is 92.3 Å². The summed E-state index contributed by atoms with van der Waals surface area (Å²) >= 11 is 5.62. The molecule has 1 N–H and O–H groups in total. The van der Waals surface area contributed by atoms with Gasteiger partial charge >= 0.3 is 5.97 Å². The fourth-order valence-electron chi connectivity index (χ4n) is 0.880. The maximum absolute atomic E-state index is 10.9. The van der Waals surface area contributed by atoms with Crippen molar-refractivity contribution in [2.45, 2.75) is 19.8 Å². The first kappa shape index (κ1) is 11.7. The minimum Gasteiger partial charge on any atom is -0.506 e. The number of hydrogen-bond donors (Lipinski definition) is 1. The Bertz CT molecular complexity index is 351. The zero-order valence-electron chi connectivity index (χ0n) is 8.20. The van der Waals surface area contributed by atoms with E-state index in [1.807, 2.05) is 6.92 Å². The van der Waals surface area contributed by atoms with Gasteiger partial charge in [0.25, 0.3) is 0 Å². The first-order valence-corrected chi connectivity index (χ1v) is 4.87. The van der Waals surface area contributed by atoms with Gasteiger partial charge in [0.1, 0.15) is 5.75 Å². The Morgan fingerprint density at radius 1 is 1.53 bits per heavy atom. The van der Waals surface area contributed by atoms with Gasteiger partial charge < -0.3 is 5.11 Å². The van der Waals surface area contributed by atoms with Crippen LogP contribution in [0.3, 0.4) is 0 Å². The van der Waals surface area contributed by atoms with E-state index >= 15 is 0 Å². The third-order valence-corrected chi connectivity index (χ3v) is 1.91. The predicted molar refractivity (Wildman–Crippen MR) is 54.7 cm³/mol. The molecule has 82 valence electrons. The Hall–Kier alpha value is -1.42.